The van der Waals surface area contributed by atoms with Crippen molar-refractivity contribution in [2.75, 3.05) is 14.7 Å². The molecule has 6 heteroatoms. The Hall–Kier alpha value is -8.84. The maximum Gasteiger partial charge on any atom is 0.297 e. The SMILES string of the molecule is Cc1cccc(C)c1N1c2cc(N(c3ccccc3)c3cccc(-c4cc5ccccc5s4)c3)ccc2B2c3oc4ccccc4c3N(c3cc(-c4ccccc4)cc(-c4ccccc4)c3)c3cc(C(C)C)cc1c32. The van der Waals surface area contributed by atoms with Gasteiger partial charge in [0.25, 0.3) is 6.71 Å². The molecule has 4 heterocycles. The van der Waals surface area contributed by atoms with Crippen molar-refractivity contribution in [3.05, 3.63) is 253 Å². The summed E-state index contributed by atoms with van der Waals surface area (Å²) in [6.45, 7) is 8.95. The highest BCUT2D eigenvalue weighted by molar-refractivity contribution is 7.22. The fourth-order valence-electron chi connectivity index (χ4n) is 11.9. The van der Waals surface area contributed by atoms with E-state index < -0.39 is 0 Å². The summed E-state index contributed by atoms with van der Waals surface area (Å²) in [7, 11) is 0. The van der Waals surface area contributed by atoms with Gasteiger partial charge in [0.05, 0.1) is 17.0 Å². The average Bonchev–Trinajstić information content (AvgIpc) is 4.20. The number of rotatable bonds is 9. The molecule has 0 saturated heterocycles. The van der Waals surface area contributed by atoms with Gasteiger partial charge in [-0.3, -0.25) is 0 Å². The maximum atomic E-state index is 7.37. The van der Waals surface area contributed by atoms with Crippen LogP contribution in [0.3, 0.4) is 0 Å². The zero-order valence-electron chi connectivity index (χ0n) is 42.3. The molecular formula is C69H52BN3OS. The summed E-state index contributed by atoms with van der Waals surface area (Å²) in [5.74, 6) is 0.235. The van der Waals surface area contributed by atoms with E-state index in [1.54, 1.807) is 0 Å². The van der Waals surface area contributed by atoms with Gasteiger partial charge in [-0.2, -0.15) is 0 Å². The lowest BCUT2D eigenvalue weighted by molar-refractivity contribution is 0.651. The summed E-state index contributed by atoms with van der Waals surface area (Å²) in [5, 5.41) is 2.36. The van der Waals surface area contributed by atoms with Crippen LogP contribution >= 0.6 is 11.3 Å². The van der Waals surface area contributed by atoms with E-state index in [2.05, 4.69) is 279 Å². The minimum Gasteiger partial charge on any atom is -0.468 e. The molecule has 75 heavy (non-hydrogen) atoms. The molecule has 0 aliphatic carbocycles. The van der Waals surface area contributed by atoms with Crippen LogP contribution in [0.2, 0.25) is 0 Å². The molecule has 10 aromatic carbocycles. The first-order chi connectivity index (χ1) is 36.8. The van der Waals surface area contributed by atoms with E-state index in [1.165, 1.54) is 76.3 Å². The number of thiophene rings is 1. The van der Waals surface area contributed by atoms with Gasteiger partial charge in [-0.15, -0.1) is 11.3 Å². The van der Waals surface area contributed by atoms with Crippen LogP contribution in [0.15, 0.2) is 241 Å². The number of anilines is 9. The van der Waals surface area contributed by atoms with Crippen molar-refractivity contribution in [3.8, 4) is 32.7 Å². The molecule has 0 spiro atoms. The number of aryl methyl sites for hydroxylation is 2. The highest BCUT2D eigenvalue weighted by atomic mass is 32.1. The van der Waals surface area contributed by atoms with E-state index in [0.717, 1.165) is 61.9 Å². The van der Waals surface area contributed by atoms with Gasteiger partial charge in [0.1, 0.15) is 5.58 Å². The molecule has 0 radical (unpaired) electrons. The third-order valence-corrected chi connectivity index (χ3v) is 16.5. The molecule has 2 aromatic heterocycles. The number of para-hydroxylation sites is 3. The van der Waals surface area contributed by atoms with Gasteiger partial charge in [-0.25, -0.2) is 0 Å². The van der Waals surface area contributed by atoms with E-state index in [0.29, 0.717) is 0 Å². The third kappa shape index (κ3) is 7.50. The Morgan fingerprint density at radius 2 is 1.07 bits per heavy atom. The number of furan rings is 1. The maximum absolute atomic E-state index is 7.37. The molecule has 0 unspecified atom stereocenters. The van der Waals surface area contributed by atoms with Crippen LogP contribution in [0, 0.1) is 13.8 Å². The molecule has 358 valence electrons. The summed E-state index contributed by atoms with van der Waals surface area (Å²) in [5.41, 5.74) is 23.9. The van der Waals surface area contributed by atoms with E-state index in [9.17, 15) is 0 Å². The Morgan fingerprint density at radius 1 is 0.467 bits per heavy atom. The Bertz CT molecular complexity index is 4050. The molecule has 2 aliphatic rings. The fraction of sp³-hybridized carbons (Fsp3) is 0.0725. The van der Waals surface area contributed by atoms with Crippen molar-refractivity contribution in [1.29, 1.82) is 0 Å². The van der Waals surface area contributed by atoms with Gasteiger partial charge in [0.2, 0.25) is 0 Å². The van der Waals surface area contributed by atoms with E-state index in [-0.39, 0.29) is 12.6 Å². The topological polar surface area (TPSA) is 22.9 Å². The highest BCUT2D eigenvalue weighted by Crippen LogP contribution is 2.51. The molecule has 0 amide bonds. The number of nitrogens with zero attached hydrogens (tertiary/aromatic N) is 3. The number of fused-ring (bicyclic) bond motifs is 7. The largest absolute Gasteiger partial charge is 0.468 e. The zero-order chi connectivity index (χ0) is 50.3. The smallest absolute Gasteiger partial charge is 0.297 e. The second-order valence-electron chi connectivity index (χ2n) is 20.4. The van der Waals surface area contributed by atoms with Crippen LogP contribution in [0.1, 0.15) is 36.5 Å². The summed E-state index contributed by atoms with van der Waals surface area (Å²) >= 11 is 1.84. The normalized spacial score (nSPS) is 12.6. The zero-order valence-corrected chi connectivity index (χ0v) is 43.1. The fourth-order valence-corrected chi connectivity index (χ4v) is 12.9. The van der Waals surface area contributed by atoms with E-state index >= 15 is 0 Å². The Morgan fingerprint density at radius 3 is 1.77 bits per heavy atom. The van der Waals surface area contributed by atoms with Crippen molar-refractivity contribution in [2.45, 2.75) is 33.6 Å². The lowest BCUT2D eigenvalue weighted by Gasteiger charge is -2.44. The van der Waals surface area contributed by atoms with Crippen molar-refractivity contribution < 1.29 is 4.42 Å². The van der Waals surface area contributed by atoms with Crippen LogP contribution in [0.5, 0.6) is 0 Å². The van der Waals surface area contributed by atoms with Crippen molar-refractivity contribution in [2.24, 2.45) is 0 Å². The molecule has 0 atom stereocenters. The Balaban J connectivity index is 1.04. The minimum absolute atomic E-state index is 0.216. The first kappa shape index (κ1) is 44.8. The van der Waals surface area contributed by atoms with E-state index in [4.69, 9.17) is 4.42 Å². The van der Waals surface area contributed by atoms with Gasteiger partial charge in [0.15, 0.2) is 0 Å². The summed E-state index contributed by atoms with van der Waals surface area (Å²) < 4.78 is 8.66. The molecule has 0 bridgehead atoms. The number of hydrogen-bond donors (Lipinski definition) is 0. The molecule has 14 rings (SSSR count). The van der Waals surface area contributed by atoms with Gasteiger partial charge < -0.3 is 19.1 Å². The summed E-state index contributed by atoms with van der Waals surface area (Å²) in [4.78, 5) is 8.79. The van der Waals surface area contributed by atoms with Crippen LogP contribution in [-0.4, -0.2) is 6.71 Å². The second-order valence-corrected chi connectivity index (χ2v) is 21.5. The van der Waals surface area contributed by atoms with Crippen molar-refractivity contribution >= 4 is 107 Å². The van der Waals surface area contributed by atoms with Gasteiger partial charge in [-0.1, -0.05) is 159 Å². The summed E-state index contributed by atoms with van der Waals surface area (Å²) in [6.07, 6.45) is 0. The Labute approximate surface area is 443 Å². The molecule has 12 aromatic rings. The monoisotopic (exact) mass is 981 g/mol. The average molecular weight is 982 g/mol. The van der Waals surface area contributed by atoms with Crippen LogP contribution < -0.4 is 31.3 Å². The van der Waals surface area contributed by atoms with Crippen LogP contribution in [0.25, 0.3) is 53.7 Å². The Kier molecular flexibility index (Phi) is 10.7. The molecule has 0 saturated carbocycles. The van der Waals surface area contributed by atoms with Crippen LogP contribution in [0.4, 0.5) is 51.2 Å². The van der Waals surface area contributed by atoms with Crippen LogP contribution in [-0.2, 0) is 0 Å². The lowest BCUT2D eigenvalue weighted by Crippen LogP contribution is -2.61. The molecule has 0 N–H and O–H groups in total. The standard InChI is InChI=1S/C69H52BN3OS/c1-44(2)51-40-61-66-62(41-51)73(67-45(3)20-18-21-46(67)4)60-43-56(71(54-28-12-7-13-29-54)55-30-19-27-49(37-55)65-42-50-26-14-17-33-64(50)75-65)34-35-59(60)70(66)69-68(58-31-15-16-32-63(58)74-69)72(61)57-38-52(47-22-8-5-9-23-47)36-53(39-57)48-24-10-6-11-25-48/h5-44H,1-4H3. The highest BCUT2D eigenvalue weighted by Gasteiger charge is 2.47. The van der Waals surface area contributed by atoms with Gasteiger partial charge >= 0.3 is 0 Å². The number of hydrogen-bond acceptors (Lipinski definition) is 5. The summed E-state index contributed by atoms with van der Waals surface area (Å²) in [6, 6.07) is 87.0. The van der Waals surface area contributed by atoms with Gasteiger partial charge in [-0.05, 0) is 172 Å². The van der Waals surface area contributed by atoms with Crippen molar-refractivity contribution in [3.63, 3.8) is 0 Å². The molecule has 2 aliphatic heterocycles. The number of benzene rings is 10. The minimum atomic E-state index is -0.216. The third-order valence-electron chi connectivity index (χ3n) is 15.4. The quantitative estimate of drug-likeness (QED) is 0.134. The molecule has 4 nitrogen and oxygen atoms in total. The van der Waals surface area contributed by atoms with E-state index in [1.807, 2.05) is 11.3 Å². The van der Waals surface area contributed by atoms with Crippen molar-refractivity contribution in [1.82, 2.24) is 0 Å². The predicted octanol–water partition coefficient (Wildman–Crippen LogP) is 17.9. The molecular weight excluding hydrogens is 930 g/mol. The molecule has 0 fully saturated rings. The lowest BCUT2D eigenvalue weighted by atomic mass is 9.35. The second kappa shape index (κ2) is 18.0. The first-order valence-corrected chi connectivity index (χ1v) is 26.9. The van der Waals surface area contributed by atoms with Gasteiger partial charge in [0, 0.05) is 54.8 Å². The first-order valence-electron chi connectivity index (χ1n) is 26.0. The predicted molar refractivity (Wildman–Crippen MR) is 320 cm³/mol.